The largest absolute Gasteiger partial charge is 0.398 e. The number of para-hydroxylation sites is 1. The van der Waals surface area contributed by atoms with Crippen LogP contribution in [-0.2, 0) is 6.54 Å². The zero-order valence-electron chi connectivity index (χ0n) is 11.0. The number of nitrogen functional groups attached to an aromatic ring is 1. The first-order valence-electron chi connectivity index (χ1n) is 6.30. The molecule has 2 aromatic carbocycles. The molecule has 0 aromatic heterocycles. The van der Waals surface area contributed by atoms with Gasteiger partial charge in [-0.1, -0.05) is 48.0 Å². The van der Waals surface area contributed by atoms with Gasteiger partial charge in [-0.25, -0.2) is 0 Å². The van der Waals surface area contributed by atoms with Crippen LogP contribution >= 0.6 is 0 Å². The number of benzene rings is 2. The lowest BCUT2D eigenvalue weighted by Gasteiger charge is -2.15. The molecule has 2 aromatic rings. The summed E-state index contributed by atoms with van der Waals surface area (Å²) in [4.78, 5) is 0. The molecule has 18 heavy (non-hydrogen) atoms. The van der Waals surface area contributed by atoms with E-state index in [1.807, 2.05) is 18.2 Å². The van der Waals surface area contributed by atoms with Crippen LogP contribution in [0.25, 0.3) is 0 Å². The van der Waals surface area contributed by atoms with E-state index < -0.39 is 0 Å². The average molecular weight is 240 g/mol. The van der Waals surface area contributed by atoms with Crippen molar-refractivity contribution < 1.29 is 0 Å². The van der Waals surface area contributed by atoms with Crippen molar-refractivity contribution in [3.63, 3.8) is 0 Å². The summed E-state index contributed by atoms with van der Waals surface area (Å²) in [6.45, 7) is 5.07. The number of aryl methyl sites for hydroxylation is 1. The van der Waals surface area contributed by atoms with Crippen LogP contribution in [0.5, 0.6) is 0 Å². The number of hydrogen-bond acceptors (Lipinski definition) is 2. The van der Waals surface area contributed by atoms with E-state index >= 15 is 0 Å². The second-order valence-corrected chi connectivity index (χ2v) is 4.71. The van der Waals surface area contributed by atoms with Gasteiger partial charge in [0.2, 0.25) is 0 Å². The Morgan fingerprint density at radius 2 is 1.72 bits per heavy atom. The van der Waals surface area contributed by atoms with Crippen molar-refractivity contribution >= 4 is 5.69 Å². The lowest BCUT2D eigenvalue weighted by atomic mass is 10.1. The Kier molecular flexibility index (Phi) is 4.00. The normalized spacial score (nSPS) is 12.3. The number of nitrogens with one attached hydrogen (secondary N) is 1. The van der Waals surface area contributed by atoms with E-state index in [1.165, 1.54) is 11.1 Å². The van der Waals surface area contributed by atoms with Gasteiger partial charge in [-0.05, 0) is 31.0 Å². The maximum Gasteiger partial charge on any atom is 0.0359 e. The van der Waals surface area contributed by atoms with Crippen LogP contribution in [0.1, 0.15) is 29.7 Å². The van der Waals surface area contributed by atoms with Gasteiger partial charge in [0.15, 0.2) is 0 Å². The minimum Gasteiger partial charge on any atom is -0.398 e. The fraction of sp³-hybridized carbons (Fsp3) is 0.250. The third kappa shape index (κ3) is 3.11. The van der Waals surface area contributed by atoms with Gasteiger partial charge in [0.05, 0.1) is 0 Å². The zero-order chi connectivity index (χ0) is 13.0. The van der Waals surface area contributed by atoms with Gasteiger partial charge in [-0.2, -0.15) is 0 Å². The van der Waals surface area contributed by atoms with E-state index in [-0.39, 0.29) is 0 Å². The van der Waals surface area contributed by atoms with Gasteiger partial charge in [-0.15, -0.1) is 0 Å². The Labute approximate surface area is 109 Å². The third-order valence-electron chi connectivity index (χ3n) is 3.23. The minimum absolute atomic E-state index is 0.324. The summed E-state index contributed by atoms with van der Waals surface area (Å²) >= 11 is 0. The summed E-state index contributed by atoms with van der Waals surface area (Å²) in [5, 5.41) is 3.50. The summed E-state index contributed by atoms with van der Waals surface area (Å²) < 4.78 is 0. The summed E-state index contributed by atoms with van der Waals surface area (Å²) in [6.07, 6.45) is 0. The molecule has 3 N–H and O–H groups in total. The zero-order valence-corrected chi connectivity index (χ0v) is 11.0. The quantitative estimate of drug-likeness (QED) is 0.803. The van der Waals surface area contributed by atoms with Crippen molar-refractivity contribution in [2.24, 2.45) is 0 Å². The first-order chi connectivity index (χ1) is 8.66. The molecule has 0 fully saturated rings. The molecule has 0 aliphatic rings. The van der Waals surface area contributed by atoms with E-state index in [1.54, 1.807) is 0 Å². The molecule has 1 atom stereocenters. The van der Waals surface area contributed by atoms with E-state index in [9.17, 15) is 0 Å². The molecule has 2 rings (SSSR count). The van der Waals surface area contributed by atoms with Crippen LogP contribution in [0.3, 0.4) is 0 Å². The predicted molar refractivity (Wildman–Crippen MR) is 77.3 cm³/mol. The number of nitrogens with two attached hydrogens (primary N) is 1. The molecule has 0 bridgehead atoms. The lowest BCUT2D eigenvalue weighted by molar-refractivity contribution is 0.575. The topological polar surface area (TPSA) is 38.0 Å². The van der Waals surface area contributed by atoms with Crippen molar-refractivity contribution in [2.75, 3.05) is 5.73 Å². The highest BCUT2D eigenvalue weighted by molar-refractivity contribution is 5.46. The highest BCUT2D eigenvalue weighted by Gasteiger charge is 2.05. The van der Waals surface area contributed by atoms with Crippen LogP contribution in [0.15, 0.2) is 48.5 Å². The molecule has 0 aliphatic carbocycles. The molecule has 2 heteroatoms. The van der Waals surface area contributed by atoms with Gasteiger partial charge < -0.3 is 11.1 Å². The summed E-state index contributed by atoms with van der Waals surface area (Å²) in [7, 11) is 0. The lowest BCUT2D eigenvalue weighted by Crippen LogP contribution is -2.18. The van der Waals surface area contributed by atoms with Gasteiger partial charge in [0, 0.05) is 18.3 Å². The molecule has 2 nitrogen and oxygen atoms in total. The summed E-state index contributed by atoms with van der Waals surface area (Å²) in [5.41, 5.74) is 10.5. The monoisotopic (exact) mass is 240 g/mol. The van der Waals surface area contributed by atoms with Gasteiger partial charge >= 0.3 is 0 Å². The van der Waals surface area contributed by atoms with Crippen molar-refractivity contribution in [3.8, 4) is 0 Å². The first kappa shape index (κ1) is 12.7. The van der Waals surface area contributed by atoms with Crippen LogP contribution < -0.4 is 11.1 Å². The Balaban J connectivity index is 1.98. The van der Waals surface area contributed by atoms with Gasteiger partial charge in [-0.3, -0.25) is 0 Å². The summed E-state index contributed by atoms with van der Waals surface area (Å²) in [5.74, 6) is 0. The van der Waals surface area contributed by atoms with Crippen LogP contribution in [0.2, 0.25) is 0 Å². The smallest absolute Gasteiger partial charge is 0.0359 e. The molecular formula is C16H20N2. The van der Waals surface area contributed by atoms with Crippen molar-refractivity contribution in [3.05, 3.63) is 65.2 Å². The second-order valence-electron chi connectivity index (χ2n) is 4.71. The molecule has 0 heterocycles. The Hall–Kier alpha value is -1.80. The van der Waals surface area contributed by atoms with Crippen molar-refractivity contribution in [1.29, 1.82) is 0 Å². The first-order valence-corrected chi connectivity index (χ1v) is 6.30. The van der Waals surface area contributed by atoms with Crippen molar-refractivity contribution in [1.82, 2.24) is 5.32 Å². The molecule has 94 valence electrons. The fourth-order valence-electron chi connectivity index (χ4n) is 1.93. The molecule has 0 spiro atoms. The van der Waals surface area contributed by atoms with E-state index in [4.69, 9.17) is 5.73 Å². The molecule has 0 saturated carbocycles. The van der Waals surface area contributed by atoms with E-state index in [0.717, 1.165) is 17.8 Å². The highest BCUT2D eigenvalue weighted by atomic mass is 14.9. The molecule has 0 amide bonds. The molecule has 0 aliphatic heterocycles. The van der Waals surface area contributed by atoms with Gasteiger partial charge in [0.1, 0.15) is 0 Å². The Morgan fingerprint density at radius 3 is 2.39 bits per heavy atom. The van der Waals surface area contributed by atoms with Crippen LogP contribution in [0, 0.1) is 6.92 Å². The molecule has 0 unspecified atom stereocenters. The van der Waals surface area contributed by atoms with Crippen LogP contribution in [0.4, 0.5) is 5.69 Å². The maximum atomic E-state index is 5.93. The average Bonchev–Trinajstić information content (AvgIpc) is 2.38. The molecule has 0 saturated heterocycles. The molecule has 0 radical (unpaired) electrons. The summed E-state index contributed by atoms with van der Waals surface area (Å²) in [6, 6.07) is 16.9. The standard InChI is InChI=1S/C16H20N2/c1-12-7-9-14(10-8-12)13(2)18-11-15-5-3-4-6-16(15)17/h3-10,13,18H,11,17H2,1-2H3/t13-/m1/s1. The highest BCUT2D eigenvalue weighted by Crippen LogP contribution is 2.15. The third-order valence-corrected chi connectivity index (χ3v) is 3.23. The SMILES string of the molecule is Cc1ccc([C@@H](C)NCc2ccccc2N)cc1. The van der Waals surface area contributed by atoms with Gasteiger partial charge in [0.25, 0.3) is 0 Å². The van der Waals surface area contributed by atoms with E-state index in [0.29, 0.717) is 6.04 Å². The fourth-order valence-corrected chi connectivity index (χ4v) is 1.93. The number of rotatable bonds is 4. The number of anilines is 1. The van der Waals surface area contributed by atoms with E-state index in [2.05, 4.69) is 49.5 Å². The van der Waals surface area contributed by atoms with Crippen LogP contribution in [-0.4, -0.2) is 0 Å². The predicted octanol–water partition coefficient (Wildman–Crippen LogP) is 3.43. The minimum atomic E-state index is 0.324. The maximum absolute atomic E-state index is 5.93. The molecular weight excluding hydrogens is 220 g/mol. The van der Waals surface area contributed by atoms with Crippen molar-refractivity contribution in [2.45, 2.75) is 26.4 Å². The number of hydrogen-bond donors (Lipinski definition) is 2. The Morgan fingerprint density at radius 1 is 1.06 bits per heavy atom. The Bertz CT molecular complexity index is 503. The second kappa shape index (κ2) is 5.69.